The molecule has 0 heterocycles. The van der Waals surface area contributed by atoms with Gasteiger partial charge in [0.2, 0.25) is 0 Å². The van der Waals surface area contributed by atoms with Gasteiger partial charge in [-0.2, -0.15) is 0 Å². The molecule has 0 N–H and O–H groups in total. The maximum absolute atomic E-state index is 11.4. The Labute approximate surface area is 311 Å². The van der Waals surface area contributed by atoms with Crippen molar-refractivity contribution in [2.45, 2.75) is 117 Å². The van der Waals surface area contributed by atoms with Gasteiger partial charge < -0.3 is 4.79 Å². The molecule has 0 aromatic heterocycles. The first-order valence-corrected chi connectivity index (χ1v) is 35.0. The molecular weight excluding hydrogens is 1090 g/mol. The molecule has 0 amide bonds. The first kappa shape index (κ1) is 42.0. The zero-order valence-electron chi connectivity index (χ0n) is 25.8. The number of halogens is 5. The normalized spacial score (nSPS) is 29.8. The second kappa shape index (κ2) is 26.0. The minimum atomic E-state index is 0.0334. The van der Waals surface area contributed by atoms with E-state index >= 15 is 0 Å². The van der Waals surface area contributed by atoms with Crippen LogP contribution in [0.5, 0.6) is 0 Å². The van der Waals surface area contributed by atoms with Crippen LogP contribution in [0.3, 0.4) is 0 Å². The fraction of sp³-hybridized carbons (Fsp3) is 0.714. The molecule has 0 radical (unpaired) electrons. The van der Waals surface area contributed by atoms with E-state index in [1.54, 1.807) is 0 Å². The van der Waals surface area contributed by atoms with Gasteiger partial charge in [-0.3, -0.25) is 4.79 Å². The molecule has 4 bridgehead atoms. The van der Waals surface area contributed by atoms with Crippen LogP contribution in [0.1, 0.15) is 117 Å². The number of carbonyl (C=O) groups excluding carboxylic acids is 2. The molecule has 0 saturated heterocycles. The van der Waals surface area contributed by atoms with Crippen molar-refractivity contribution in [1.82, 2.24) is 0 Å². The third-order valence-electron chi connectivity index (χ3n) is 9.76. The Kier molecular flexibility index (Phi) is 26.0. The summed E-state index contributed by atoms with van der Waals surface area (Å²) >= 11 is 9.54. The zero-order chi connectivity index (χ0) is 31.2. The van der Waals surface area contributed by atoms with Crippen molar-refractivity contribution in [3.05, 3.63) is 48.6 Å². The summed E-state index contributed by atoms with van der Waals surface area (Å²) < 4.78 is 0. The molecule has 5 aliphatic carbocycles. The predicted octanol–water partition coefficient (Wildman–Crippen LogP) is 10.2. The van der Waals surface area contributed by atoms with Crippen LogP contribution in [0.25, 0.3) is 0 Å². The number of aldehydes is 2. The van der Waals surface area contributed by atoms with Gasteiger partial charge in [-0.25, -0.2) is 0 Å². The third-order valence-corrected chi connectivity index (χ3v) is 9.76. The molecule has 0 aromatic rings. The Bertz CT molecular complexity index is 841. The molecule has 7 atom stereocenters. The van der Waals surface area contributed by atoms with Crippen molar-refractivity contribution in [1.29, 1.82) is 0 Å². The minimum absolute atomic E-state index is 0.0334. The summed E-state index contributed by atoms with van der Waals surface area (Å²) in [6, 6.07) is 0. The summed E-state index contributed by atoms with van der Waals surface area (Å²) in [6.07, 6.45) is 36.4. The summed E-state index contributed by atoms with van der Waals surface area (Å²) in [7, 11) is 0. The Morgan fingerprint density at radius 2 is 1.48 bits per heavy atom. The summed E-state index contributed by atoms with van der Waals surface area (Å²) in [5, 5.41) is 0. The van der Waals surface area contributed by atoms with Crippen molar-refractivity contribution in [3.63, 3.8) is 0 Å². The SMILES string of the molecule is C1=CC2C3C=CC(C3)C2C1.C=C(C=O)CCCCCCC.CCCCCCCC1(C=O)CC2C=CC1C2.II.I[I-]I. The maximum atomic E-state index is 11.4. The van der Waals surface area contributed by atoms with Gasteiger partial charge in [-0.15, -0.1) is 0 Å². The van der Waals surface area contributed by atoms with Crippen LogP contribution in [-0.2, 0) is 9.59 Å². The van der Waals surface area contributed by atoms with Crippen molar-refractivity contribution < 1.29 is 22.8 Å². The topological polar surface area (TPSA) is 34.1 Å². The first-order valence-electron chi connectivity index (χ1n) is 16.1. The zero-order valence-corrected chi connectivity index (χ0v) is 36.6. The fourth-order valence-corrected chi connectivity index (χ4v) is 7.52. The van der Waals surface area contributed by atoms with Crippen LogP contribution in [0.4, 0.5) is 0 Å². The van der Waals surface area contributed by atoms with Crippen LogP contribution in [0.2, 0.25) is 0 Å². The van der Waals surface area contributed by atoms with Gasteiger partial charge in [0.15, 0.2) is 0 Å². The van der Waals surface area contributed by atoms with E-state index in [2.05, 4.69) is 131 Å². The van der Waals surface area contributed by atoms with Gasteiger partial charge in [-0.05, 0) is 86.0 Å². The van der Waals surface area contributed by atoms with Crippen molar-refractivity contribution in [2.24, 2.45) is 40.9 Å². The second-order valence-corrected chi connectivity index (χ2v) is 28.8. The summed E-state index contributed by atoms with van der Waals surface area (Å²) in [5.74, 6) is 5.11. The van der Waals surface area contributed by atoms with Crippen LogP contribution in [-0.4, -0.2) is 12.6 Å². The van der Waals surface area contributed by atoms with Gasteiger partial charge in [0.1, 0.15) is 12.6 Å². The summed E-state index contributed by atoms with van der Waals surface area (Å²) in [5.41, 5.74) is 0.771. The van der Waals surface area contributed by atoms with Crippen LogP contribution >= 0.6 is 74.5 Å². The van der Waals surface area contributed by atoms with E-state index in [4.69, 9.17) is 0 Å². The van der Waals surface area contributed by atoms with Gasteiger partial charge in [0.05, 0.1) is 0 Å². The number of carbonyl (C=O) groups is 2. The average molecular weight is 1140 g/mol. The number of hydrogen-bond acceptors (Lipinski definition) is 2. The van der Waals surface area contributed by atoms with E-state index in [9.17, 15) is 9.59 Å². The molecule has 0 spiro atoms. The van der Waals surface area contributed by atoms with Crippen molar-refractivity contribution >= 4 is 87.0 Å². The number of allylic oxidation sites excluding steroid dienone is 7. The summed E-state index contributed by atoms with van der Waals surface area (Å²) in [6.45, 7) is 8.07. The van der Waals surface area contributed by atoms with Gasteiger partial charge in [0.25, 0.3) is 0 Å². The van der Waals surface area contributed by atoms with E-state index in [1.165, 1.54) is 83.3 Å². The molecule has 42 heavy (non-hydrogen) atoms. The van der Waals surface area contributed by atoms with Crippen LogP contribution in [0.15, 0.2) is 48.6 Å². The molecule has 0 aromatic carbocycles. The quantitative estimate of drug-likeness (QED) is 0.0571. The number of fused-ring (bicyclic) bond motifs is 7. The van der Waals surface area contributed by atoms with Crippen LogP contribution in [0, 0.1) is 40.9 Å². The molecule has 5 aliphatic rings. The molecule has 5 rings (SSSR count). The van der Waals surface area contributed by atoms with Crippen molar-refractivity contribution in [3.8, 4) is 0 Å². The van der Waals surface area contributed by atoms with E-state index in [1.807, 2.05) is 0 Å². The standard InChI is InChI=1S/C15H24O.C10H18O.C10H12.I3.I2/c1-2-3-4-5-6-9-15(12-16)11-13-7-8-14(15)10-13;1-3-4-5-6-7-8-10(2)9-11;1-2-9-7-4-5-8(6-7)10(9)3-1;1-3-2;1-2/h7-8,12-14H,2-6,9-11H2,1H3;9H,2-8H2,1H3;1-2,4-5,7-10H,3,6H2;;/q;;;-1;. The molecule has 2 fully saturated rings. The molecule has 242 valence electrons. The predicted molar refractivity (Wildman–Crippen MR) is 213 cm³/mol. The third kappa shape index (κ3) is 14.8. The Morgan fingerprint density at radius 1 is 0.857 bits per heavy atom. The molecular formula is C35H54I5O2-. The fourth-order valence-electron chi connectivity index (χ4n) is 7.52. The molecule has 2 saturated carbocycles. The number of unbranched alkanes of at least 4 members (excludes halogenated alkanes) is 8. The Morgan fingerprint density at radius 3 is 2.00 bits per heavy atom. The number of hydrogen-bond donors (Lipinski definition) is 0. The monoisotopic (exact) mass is 1140 g/mol. The van der Waals surface area contributed by atoms with Gasteiger partial charge >= 0.3 is 50.5 Å². The Balaban J connectivity index is 0.000000300. The van der Waals surface area contributed by atoms with Gasteiger partial charge in [0, 0.05) is 42.6 Å². The Hall–Kier alpha value is 1.95. The van der Waals surface area contributed by atoms with E-state index in [-0.39, 0.29) is 5.41 Å². The van der Waals surface area contributed by atoms with Crippen LogP contribution < -0.4 is 13.3 Å². The molecule has 2 nitrogen and oxygen atoms in total. The van der Waals surface area contributed by atoms with Crippen molar-refractivity contribution in [2.75, 3.05) is 0 Å². The number of rotatable bonds is 14. The second-order valence-electron chi connectivity index (χ2n) is 12.6. The van der Waals surface area contributed by atoms with E-state index in [0.717, 1.165) is 61.2 Å². The average Bonchev–Trinajstić information content (AvgIpc) is 3.85. The van der Waals surface area contributed by atoms with E-state index in [0.29, 0.717) is 25.1 Å². The molecule has 7 unspecified atom stereocenters. The summed E-state index contributed by atoms with van der Waals surface area (Å²) in [4.78, 5) is 21.5. The molecule has 0 aliphatic heterocycles. The van der Waals surface area contributed by atoms with E-state index < -0.39 is 0 Å². The molecule has 7 heteroatoms. The van der Waals surface area contributed by atoms with Gasteiger partial charge in [-0.1, -0.05) is 115 Å². The first-order chi connectivity index (χ1) is 20.5.